The highest BCUT2D eigenvalue weighted by atomic mass is 32.2. The van der Waals surface area contributed by atoms with Crippen molar-refractivity contribution in [3.63, 3.8) is 0 Å². The molecular weight excluding hydrogens is 226 g/mol. The van der Waals surface area contributed by atoms with Crippen LogP contribution in [0.5, 0.6) is 0 Å². The zero-order valence-corrected chi connectivity index (χ0v) is 11.0. The van der Waals surface area contributed by atoms with E-state index < -0.39 is 10.0 Å². The zero-order valence-electron chi connectivity index (χ0n) is 10.2. The summed E-state index contributed by atoms with van der Waals surface area (Å²) in [4.78, 5) is 2.31. The van der Waals surface area contributed by atoms with Gasteiger partial charge >= 0.3 is 0 Å². The number of hydrogen-bond donors (Lipinski definition) is 1. The van der Waals surface area contributed by atoms with Gasteiger partial charge in [0, 0.05) is 26.2 Å². The minimum atomic E-state index is -3.00. The molecule has 5 nitrogen and oxygen atoms in total. The molecule has 0 radical (unpaired) electrons. The second kappa shape index (κ2) is 5.95. The van der Waals surface area contributed by atoms with Gasteiger partial charge in [-0.1, -0.05) is 6.92 Å². The molecule has 0 aromatic heterocycles. The summed E-state index contributed by atoms with van der Waals surface area (Å²) in [6.07, 6.45) is 2.37. The number of nitrogens with two attached hydrogens (primary N) is 1. The molecule has 6 heteroatoms. The Morgan fingerprint density at radius 1 is 1.25 bits per heavy atom. The minimum absolute atomic E-state index is 0.549. The van der Waals surface area contributed by atoms with Crippen LogP contribution < -0.4 is 5.73 Å². The van der Waals surface area contributed by atoms with Gasteiger partial charge in [0.05, 0.1) is 6.26 Å². The first-order chi connectivity index (χ1) is 7.43. The number of sulfonamides is 1. The Hall–Kier alpha value is -0.170. The highest BCUT2D eigenvalue weighted by Crippen LogP contribution is 2.08. The fourth-order valence-electron chi connectivity index (χ4n) is 1.81. The summed E-state index contributed by atoms with van der Waals surface area (Å²) >= 11 is 0. The lowest BCUT2D eigenvalue weighted by Crippen LogP contribution is -2.48. The van der Waals surface area contributed by atoms with E-state index >= 15 is 0 Å². The Labute approximate surface area is 98.6 Å². The molecule has 1 saturated heterocycles. The third-order valence-corrected chi connectivity index (χ3v) is 4.44. The van der Waals surface area contributed by atoms with Crippen molar-refractivity contribution in [3.8, 4) is 0 Å². The SMILES string of the molecule is CC(CN)CCN1CCN(S(C)(=O)=O)CC1. The third kappa shape index (κ3) is 4.37. The van der Waals surface area contributed by atoms with E-state index in [1.54, 1.807) is 4.31 Å². The van der Waals surface area contributed by atoms with Crippen LogP contribution in [0.2, 0.25) is 0 Å². The molecule has 1 fully saturated rings. The largest absolute Gasteiger partial charge is 0.330 e. The highest BCUT2D eigenvalue weighted by Gasteiger charge is 2.22. The topological polar surface area (TPSA) is 66.6 Å². The van der Waals surface area contributed by atoms with Crippen molar-refractivity contribution in [2.75, 3.05) is 45.5 Å². The highest BCUT2D eigenvalue weighted by molar-refractivity contribution is 7.88. The van der Waals surface area contributed by atoms with Crippen LogP contribution in [0.1, 0.15) is 13.3 Å². The van der Waals surface area contributed by atoms with Crippen LogP contribution in [-0.4, -0.2) is 63.1 Å². The monoisotopic (exact) mass is 249 g/mol. The molecule has 1 unspecified atom stereocenters. The maximum absolute atomic E-state index is 11.3. The summed E-state index contributed by atoms with van der Waals surface area (Å²) in [5.41, 5.74) is 5.56. The van der Waals surface area contributed by atoms with Gasteiger partial charge in [0.2, 0.25) is 10.0 Å². The first-order valence-electron chi connectivity index (χ1n) is 5.81. The van der Waals surface area contributed by atoms with E-state index in [1.807, 2.05) is 0 Å². The van der Waals surface area contributed by atoms with E-state index in [9.17, 15) is 8.42 Å². The first-order valence-corrected chi connectivity index (χ1v) is 7.66. The average Bonchev–Trinajstić information content (AvgIpc) is 2.25. The Kier molecular flexibility index (Phi) is 5.17. The number of piperazine rings is 1. The van der Waals surface area contributed by atoms with Gasteiger partial charge in [-0.05, 0) is 25.4 Å². The lowest BCUT2D eigenvalue weighted by atomic mass is 10.1. The number of hydrogen-bond acceptors (Lipinski definition) is 4. The Morgan fingerprint density at radius 2 is 1.81 bits per heavy atom. The summed E-state index contributed by atoms with van der Waals surface area (Å²) in [5, 5.41) is 0. The quantitative estimate of drug-likeness (QED) is 0.716. The first kappa shape index (κ1) is 13.9. The molecule has 16 heavy (non-hydrogen) atoms. The van der Waals surface area contributed by atoms with Gasteiger partial charge in [-0.2, -0.15) is 4.31 Å². The second-order valence-corrected chi connectivity index (χ2v) is 6.62. The van der Waals surface area contributed by atoms with Crippen LogP contribution in [0.25, 0.3) is 0 Å². The van der Waals surface area contributed by atoms with Crippen molar-refractivity contribution in [2.45, 2.75) is 13.3 Å². The molecule has 2 N–H and O–H groups in total. The third-order valence-electron chi connectivity index (χ3n) is 3.14. The van der Waals surface area contributed by atoms with E-state index in [0.29, 0.717) is 19.0 Å². The maximum Gasteiger partial charge on any atom is 0.211 e. The standard InChI is InChI=1S/C10H23N3O2S/c1-10(9-11)3-4-12-5-7-13(8-6-12)16(2,14)15/h10H,3-9,11H2,1-2H3. The van der Waals surface area contributed by atoms with Crippen LogP contribution in [0.3, 0.4) is 0 Å². The van der Waals surface area contributed by atoms with Crippen LogP contribution in [0, 0.1) is 5.92 Å². The molecule has 0 aromatic rings. The Morgan fingerprint density at radius 3 is 2.25 bits per heavy atom. The molecule has 0 spiro atoms. The molecular formula is C10H23N3O2S. The smallest absolute Gasteiger partial charge is 0.211 e. The predicted octanol–water partition coefficient (Wildman–Crippen LogP) is -0.451. The van der Waals surface area contributed by atoms with Gasteiger partial charge in [0.15, 0.2) is 0 Å². The molecule has 0 aliphatic carbocycles. The van der Waals surface area contributed by atoms with Gasteiger partial charge in [-0.15, -0.1) is 0 Å². The normalized spacial score (nSPS) is 22.2. The maximum atomic E-state index is 11.3. The molecule has 0 saturated carbocycles. The van der Waals surface area contributed by atoms with Crippen LogP contribution in [-0.2, 0) is 10.0 Å². The predicted molar refractivity (Wildman–Crippen MR) is 65.7 cm³/mol. The Bertz CT molecular complexity index is 297. The summed E-state index contributed by atoms with van der Waals surface area (Å²) in [6, 6.07) is 0. The average molecular weight is 249 g/mol. The summed E-state index contributed by atoms with van der Waals surface area (Å²) in [5.74, 6) is 0.549. The molecule has 1 heterocycles. The summed E-state index contributed by atoms with van der Waals surface area (Å²) < 4.78 is 24.1. The van der Waals surface area contributed by atoms with E-state index in [4.69, 9.17) is 5.73 Å². The van der Waals surface area contributed by atoms with Crippen LogP contribution in [0.15, 0.2) is 0 Å². The van der Waals surface area contributed by atoms with E-state index in [1.165, 1.54) is 6.26 Å². The van der Waals surface area contributed by atoms with Gasteiger partial charge < -0.3 is 10.6 Å². The minimum Gasteiger partial charge on any atom is -0.330 e. The van der Waals surface area contributed by atoms with E-state index in [2.05, 4.69) is 11.8 Å². The molecule has 1 aliphatic rings. The van der Waals surface area contributed by atoms with Crippen molar-refractivity contribution in [1.82, 2.24) is 9.21 Å². The molecule has 1 aliphatic heterocycles. The van der Waals surface area contributed by atoms with Crippen molar-refractivity contribution >= 4 is 10.0 Å². The second-order valence-electron chi connectivity index (χ2n) is 4.63. The summed E-state index contributed by atoms with van der Waals surface area (Å²) in [7, 11) is -3.00. The molecule has 0 amide bonds. The van der Waals surface area contributed by atoms with Crippen molar-refractivity contribution < 1.29 is 8.42 Å². The molecule has 96 valence electrons. The van der Waals surface area contributed by atoms with E-state index in [-0.39, 0.29) is 0 Å². The molecule has 1 atom stereocenters. The molecule has 0 bridgehead atoms. The summed E-state index contributed by atoms with van der Waals surface area (Å²) in [6.45, 7) is 6.81. The number of rotatable bonds is 5. The fraction of sp³-hybridized carbons (Fsp3) is 1.00. The Balaban J connectivity index is 2.27. The lowest BCUT2D eigenvalue weighted by molar-refractivity contribution is 0.180. The van der Waals surface area contributed by atoms with Gasteiger partial charge in [0.25, 0.3) is 0 Å². The number of nitrogens with zero attached hydrogens (tertiary/aromatic N) is 2. The van der Waals surface area contributed by atoms with Gasteiger partial charge in [0.1, 0.15) is 0 Å². The van der Waals surface area contributed by atoms with Crippen molar-refractivity contribution in [2.24, 2.45) is 11.7 Å². The van der Waals surface area contributed by atoms with Crippen molar-refractivity contribution in [1.29, 1.82) is 0 Å². The molecule has 0 aromatic carbocycles. The van der Waals surface area contributed by atoms with Gasteiger partial charge in [-0.25, -0.2) is 8.42 Å². The van der Waals surface area contributed by atoms with Gasteiger partial charge in [-0.3, -0.25) is 0 Å². The lowest BCUT2D eigenvalue weighted by Gasteiger charge is -2.33. The fourth-order valence-corrected chi connectivity index (χ4v) is 2.63. The molecule has 1 rings (SSSR count). The van der Waals surface area contributed by atoms with E-state index in [0.717, 1.165) is 32.6 Å². The zero-order chi connectivity index (χ0) is 12.2. The van der Waals surface area contributed by atoms with Crippen LogP contribution >= 0.6 is 0 Å². The van der Waals surface area contributed by atoms with Crippen LogP contribution in [0.4, 0.5) is 0 Å². The van der Waals surface area contributed by atoms with Crippen molar-refractivity contribution in [3.05, 3.63) is 0 Å².